The van der Waals surface area contributed by atoms with Crippen LogP contribution in [0.15, 0.2) is 0 Å². The number of rotatable bonds is 7. The summed E-state index contributed by atoms with van der Waals surface area (Å²) in [5.74, 6) is 0.640. The van der Waals surface area contributed by atoms with E-state index in [9.17, 15) is 13.6 Å². The summed E-state index contributed by atoms with van der Waals surface area (Å²) >= 11 is 0. The van der Waals surface area contributed by atoms with Gasteiger partial charge in [0, 0.05) is 13.1 Å². The van der Waals surface area contributed by atoms with E-state index in [1.54, 1.807) is 4.90 Å². The Morgan fingerprint density at radius 1 is 1.44 bits per heavy atom. The average Bonchev–Trinajstić information content (AvgIpc) is 2.35. The number of ether oxygens (including phenoxy) is 1. The molecule has 1 aliphatic heterocycles. The minimum Gasteiger partial charge on any atom is -0.375 e. The maximum absolute atomic E-state index is 11.8. The van der Waals surface area contributed by atoms with Gasteiger partial charge in [0.05, 0.1) is 13.0 Å². The molecule has 0 aromatic carbocycles. The zero-order valence-electron chi connectivity index (χ0n) is 10.8. The quantitative estimate of drug-likeness (QED) is 0.701. The van der Waals surface area contributed by atoms with Crippen molar-refractivity contribution >= 4 is 5.91 Å². The van der Waals surface area contributed by atoms with Gasteiger partial charge in [0.25, 0.3) is 6.43 Å². The monoisotopic (exact) mass is 264 g/mol. The Bertz CT molecular complexity index is 244. The third-order valence-corrected chi connectivity index (χ3v) is 3.16. The first-order chi connectivity index (χ1) is 8.63. The number of piperidine rings is 1. The van der Waals surface area contributed by atoms with Crippen molar-refractivity contribution in [3.8, 4) is 0 Å². The molecule has 1 amide bonds. The third kappa shape index (κ3) is 5.73. The summed E-state index contributed by atoms with van der Waals surface area (Å²) in [6.45, 7) is 2.01. The fourth-order valence-corrected chi connectivity index (χ4v) is 2.17. The molecule has 0 bridgehead atoms. The largest absolute Gasteiger partial charge is 0.375 e. The van der Waals surface area contributed by atoms with Gasteiger partial charge in [0.1, 0.15) is 6.61 Å². The molecule has 0 aliphatic carbocycles. The minimum absolute atomic E-state index is 0.00664. The Morgan fingerprint density at radius 2 is 2.11 bits per heavy atom. The zero-order chi connectivity index (χ0) is 13.4. The molecule has 1 saturated heterocycles. The average molecular weight is 264 g/mol. The van der Waals surface area contributed by atoms with Gasteiger partial charge in [0.2, 0.25) is 5.91 Å². The highest BCUT2D eigenvalue weighted by atomic mass is 19.3. The van der Waals surface area contributed by atoms with Crippen LogP contribution in [0.3, 0.4) is 0 Å². The molecular weight excluding hydrogens is 242 g/mol. The summed E-state index contributed by atoms with van der Waals surface area (Å²) in [5.41, 5.74) is 0. The molecule has 1 fully saturated rings. The Kier molecular flexibility index (Phi) is 7.12. The van der Waals surface area contributed by atoms with Gasteiger partial charge >= 0.3 is 0 Å². The van der Waals surface area contributed by atoms with E-state index in [1.807, 2.05) is 7.05 Å². The Hall–Kier alpha value is -0.750. The van der Waals surface area contributed by atoms with Crippen LogP contribution in [-0.2, 0) is 9.53 Å². The van der Waals surface area contributed by atoms with Crippen molar-refractivity contribution in [2.24, 2.45) is 5.92 Å². The number of nitrogens with zero attached hydrogens (tertiary/aromatic N) is 1. The number of hydrogen-bond donors (Lipinski definition) is 1. The summed E-state index contributed by atoms with van der Waals surface area (Å²) in [7, 11) is 1.93. The van der Waals surface area contributed by atoms with E-state index in [-0.39, 0.29) is 18.9 Å². The maximum atomic E-state index is 11.8. The van der Waals surface area contributed by atoms with Crippen LogP contribution in [0.5, 0.6) is 0 Å². The van der Waals surface area contributed by atoms with Gasteiger partial charge in [-0.1, -0.05) is 0 Å². The first-order valence-corrected chi connectivity index (χ1v) is 6.41. The van der Waals surface area contributed by atoms with Crippen molar-refractivity contribution < 1.29 is 18.3 Å². The summed E-state index contributed by atoms with van der Waals surface area (Å²) in [6.07, 6.45) is -0.254. The molecule has 0 radical (unpaired) electrons. The summed E-state index contributed by atoms with van der Waals surface area (Å²) in [4.78, 5) is 13.6. The van der Waals surface area contributed by atoms with Crippen LogP contribution in [0.25, 0.3) is 0 Å². The highest BCUT2D eigenvalue weighted by molar-refractivity contribution is 5.76. The second kappa shape index (κ2) is 8.37. The molecule has 0 atom stereocenters. The van der Waals surface area contributed by atoms with Crippen LogP contribution in [0.1, 0.15) is 19.3 Å². The Labute approximate surface area is 107 Å². The molecular formula is C12H22F2N2O2. The normalized spacial score (nSPS) is 17.4. The maximum Gasteiger partial charge on any atom is 0.261 e. The number of hydrogen-bond acceptors (Lipinski definition) is 3. The van der Waals surface area contributed by atoms with E-state index >= 15 is 0 Å². The molecule has 0 unspecified atom stereocenters. The van der Waals surface area contributed by atoms with E-state index in [1.165, 1.54) is 0 Å². The lowest BCUT2D eigenvalue weighted by molar-refractivity contribution is -0.134. The van der Waals surface area contributed by atoms with Crippen molar-refractivity contribution in [3.63, 3.8) is 0 Å². The highest BCUT2D eigenvalue weighted by Gasteiger charge is 2.21. The lowest BCUT2D eigenvalue weighted by Crippen LogP contribution is -2.40. The van der Waals surface area contributed by atoms with Crippen molar-refractivity contribution in [1.82, 2.24) is 10.2 Å². The molecule has 1 N–H and O–H groups in total. The van der Waals surface area contributed by atoms with Gasteiger partial charge in [-0.25, -0.2) is 8.78 Å². The van der Waals surface area contributed by atoms with Crippen molar-refractivity contribution in [1.29, 1.82) is 0 Å². The number of alkyl halides is 2. The third-order valence-electron chi connectivity index (χ3n) is 3.16. The molecule has 1 aliphatic rings. The van der Waals surface area contributed by atoms with Crippen LogP contribution in [-0.4, -0.2) is 57.1 Å². The van der Waals surface area contributed by atoms with Crippen LogP contribution >= 0.6 is 0 Å². The summed E-state index contributed by atoms with van der Waals surface area (Å²) in [5, 5.41) is 3.14. The molecule has 0 spiro atoms. The minimum atomic E-state index is -2.46. The highest BCUT2D eigenvalue weighted by Crippen LogP contribution is 2.16. The van der Waals surface area contributed by atoms with Crippen molar-refractivity contribution in [2.75, 3.05) is 39.9 Å². The van der Waals surface area contributed by atoms with Crippen molar-refractivity contribution in [2.45, 2.75) is 25.7 Å². The molecule has 1 rings (SSSR count). The van der Waals surface area contributed by atoms with Gasteiger partial charge in [0.15, 0.2) is 0 Å². The van der Waals surface area contributed by atoms with E-state index in [0.29, 0.717) is 5.92 Å². The first-order valence-electron chi connectivity index (χ1n) is 6.41. The van der Waals surface area contributed by atoms with Crippen LogP contribution in [0.4, 0.5) is 8.78 Å². The van der Waals surface area contributed by atoms with Gasteiger partial charge in [-0.2, -0.15) is 0 Å². The predicted octanol–water partition coefficient (Wildman–Crippen LogP) is 1.12. The zero-order valence-corrected chi connectivity index (χ0v) is 10.8. The number of amides is 1. The molecule has 0 saturated carbocycles. The second-order valence-electron chi connectivity index (χ2n) is 4.60. The number of halogens is 2. The van der Waals surface area contributed by atoms with E-state index in [2.05, 4.69) is 5.32 Å². The van der Waals surface area contributed by atoms with Crippen LogP contribution in [0, 0.1) is 5.92 Å². The predicted molar refractivity (Wildman–Crippen MR) is 64.7 cm³/mol. The van der Waals surface area contributed by atoms with E-state index in [0.717, 1.165) is 32.5 Å². The standard InChI is InChI=1S/C12H22F2N2O2/c1-15-8-10-2-5-16(6-3-10)12(17)4-7-18-9-11(13)14/h10-11,15H,2-9H2,1H3. The molecule has 18 heavy (non-hydrogen) atoms. The number of carbonyl (C=O) groups excluding carboxylic acids is 1. The fraction of sp³-hybridized carbons (Fsp3) is 0.917. The van der Waals surface area contributed by atoms with Crippen LogP contribution in [0.2, 0.25) is 0 Å². The Balaban J connectivity index is 2.12. The first kappa shape index (κ1) is 15.3. The molecule has 0 aromatic heterocycles. The van der Waals surface area contributed by atoms with Crippen LogP contribution < -0.4 is 5.32 Å². The summed E-state index contributed by atoms with van der Waals surface area (Å²) < 4.78 is 28.3. The summed E-state index contributed by atoms with van der Waals surface area (Å²) in [6, 6.07) is 0. The van der Waals surface area contributed by atoms with E-state index < -0.39 is 13.0 Å². The molecule has 106 valence electrons. The Morgan fingerprint density at radius 3 is 2.67 bits per heavy atom. The number of carbonyl (C=O) groups is 1. The molecule has 4 nitrogen and oxygen atoms in total. The van der Waals surface area contributed by atoms with Gasteiger partial charge in [-0.15, -0.1) is 0 Å². The molecule has 6 heteroatoms. The van der Waals surface area contributed by atoms with Gasteiger partial charge in [-0.05, 0) is 32.4 Å². The lowest BCUT2D eigenvalue weighted by atomic mass is 9.97. The molecule has 1 heterocycles. The smallest absolute Gasteiger partial charge is 0.261 e. The number of likely N-dealkylation sites (tertiary alicyclic amines) is 1. The lowest BCUT2D eigenvalue weighted by Gasteiger charge is -2.32. The fourth-order valence-electron chi connectivity index (χ4n) is 2.17. The number of nitrogens with one attached hydrogen (secondary N) is 1. The van der Waals surface area contributed by atoms with Gasteiger partial charge in [-0.3, -0.25) is 4.79 Å². The molecule has 0 aromatic rings. The second-order valence-corrected chi connectivity index (χ2v) is 4.60. The van der Waals surface area contributed by atoms with Crippen molar-refractivity contribution in [3.05, 3.63) is 0 Å². The SMILES string of the molecule is CNCC1CCN(C(=O)CCOCC(F)F)CC1. The topological polar surface area (TPSA) is 41.6 Å². The van der Waals surface area contributed by atoms with Gasteiger partial charge < -0.3 is 15.0 Å². The van der Waals surface area contributed by atoms with E-state index in [4.69, 9.17) is 4.74 Å².